The molecular weight excluding hydrogens is 228 g/mol. The van der Waals surface area contributed by atoms with Crippen molar-refractivity contribution in [1.82, 2.24) is 10.3 Å². The van der Waals surface area contributed by atoms with Crippen LogP contribution in [0.4, 0.5) is 0 Å². The van der Waals surface area contributed by atoms with Gasteiger partial charge < -0.3 is 5.32 Å². The zero-order valence-corrected chi connectivity index (χ0v) is 12.7. The van der Waals surface area contributed by atoms with Gasteiger partial charge in [-0.05, 0) is 19.3 Å². The van der Waals surface area contributed by atoms with Crippen molar-refractivity contribution in [2.24, 2.45) is 0 Å². The highest BCUT2D eigenvalue weighted by atomic mass is 32.1. The van der Waals surface area contributed by atoms with Crippen LogP contribution in [0.1, 0.15) is 69.0 Å². The molecule has 17 heavy (non-hydrogen) atoms. The number of hydrogen-bond donors (Lipinski definition) is 1. The van der Waals surface area contributed by atoms with Gasteiger partial charge in [0, 0.05) is 23.4 Å². The van der Waals surface area contributed by atoms with Crippen molar-refractivity contribution >= 4 is 11.3 Å². The summed E-state index contributed by atoms with van der Waals surface area (Å²) in [5.41, 5.74) is 1.30. The highest BCUT2D eigenvalue weighted by molar-refractivity contribution is 7.11. The van der Waals surface area contributed by atoms with Crippen LogP contribution in [-0.4, -0.2) is 11.0 Å². The maximum absolute atomic E-state index is 4.83. The number of aromatic nitrogens is 1. The van der Waals surface area contributed by atoms with Gasteiger partial charge in [0.25, 0.3) is 0 Å². The zero-order chi connectivity index (χ0) is 12.8. The van der Waals surface area contributed by atoms with E-state index in [1.165, 1.54) is 28.4 Å². The van der Waals surface area contributed by atoms with Crippen LogP contribution in [0.15, 0.2) is 0 Å². The molecular formula is C14H26N2S. The van der Waals surface area contributed by atoms with Gasteiger partial charge in [0.2, 0.25) is 0 Å². The Balaban J connectivity index is 2.82. The largest absolute Gasteiger partial charge is 0.310 e. The van der Waals surface area contributed by atoms with E-state index >= 15 is 0 Å². The lowest BCUT2D eigenvalue weighted by molar-refractivity contribution is 0.590. The Morgan fingerprint density at radius 2 is 1.82 bits per heavy atom. The molecule has 98 valence electrons. The molecule has 0 aliphatic carbocycles. The van der Waals surface area contributed by atoms with Gasteiger partial charge in [-0.25, -0.2) is 4.98 Å². The minimum atomic E-state index is 0.540. The fourth-order valence-corrected chi connectivity index (χ4v) is 3.30. The van der Waals surface area contributed by atoms with Crippen molar-refractivity contribution < 1.29 is 0 Å². The molecule has 0 spiro atoms. The van der Waals surface area contributed by atoms with Crippen molar-refractivity contribution in [1.29, 1.82) is 0 Å². The molecule has 0 aliphatic rings. The van der Waals surface area contributed by atoms with E-state index in [1.807, 2.05) is 11.3 Å². The highest BCUT2D eigenvalue weighted by Crippen LogP contribution is 2.29. The van der Waals surface area contributed by atoms with Crippen LogP contribution in [0.5, 0.6) is 0 Å². The topological polar surface area (TPSA) is 24.9 Å². The Kier molecular flexibility index (Phi) is 6.14. The normalized spacial score (nSPS) is 11.7. The summed E-state index contributed by atoms with van der Waals surface area (Å²) in [5.74, 6) is 0.651. The van der Waals surface area contributed by atoms with Gasteiger partial charge in [0.15, 0.2) is 0 Å². The number of nitrogens with one attached hydrogen (secondary N) is 1. The molecule has 0 amide bonds. The second-order valence-electron chi connectivity index (χ2n) is 4.82. The van der Waals surface area contributed by atoms with Gasteiger partial charge >= 0.3 is 0 Å². The molecule has 0 radical (unpaired) electrons. The quantitative estimate of drug-likeness (QED) is 0.792. The summed E-state index contributed by atoms with van der Waals surface area (Å²) in [4.78, 5) is 6.26. The van der Waals surface area contributed by atoms with Crippen molar-refractivity contribution in [2.75, 3.05) is 0 Å². The standard InChI is InChI=1S/C14H26N2S/c1-6-11(7-2)14-16-12(8-3)13(17-14)9-15-10(4)5/h10-11,15H,6-9H2,1-5H3. The first-order chi connectivity index (χ1) is 8.12. The summed E-state index contributed by atoms with van der Waals surface area (Å²) in [5, 5.41) is 4.84. The number of hydrogen-bond acceptors (Lipinski definition) is 3. The van der Waals surface area contributed by atoms with E-state index < -0.39 is 0 Å². The number of thiazole rings is 1. The molecule has 0 saturated heterocycles. The van der Waals surface area contributed by atoms with Crippen molar-refractivity contribution in [2.45, 2.75) is 72.4 Å². The van der Waals surface area contributed by atoms with Crippen molar-refractivity contribution in [3.05, 3.63) is 15.6 Å². The molecule has 0 unspecified atom stereocenters. The van der Waals surface area contributed by atoms with E-state index in [0.29, 0.717) is 12.0 Å². The molecule has 3 heteroatoms. The summed E-state index contributed by atoms with van der Waals surface area (Å²) in [7, 11) is 0. The zero-order valence-electron chi connectivity index (χ0n) is 11.8. The second kappa shape index (κ2) is 7.12. The number of nitrogens with zero attached hydrogens (tertiary/aromatic N) is 1. The smallest absolute Gasteiger partial charge is 0.0962 e. The maximum Gasteiger partial charge on any atom is 0.0962 e. The first-order valence-corrected chi connectivity index (χ1v) is 7.65. The molecule has 1 aromatic heterocycles. The Morgan fingerprint density at radius 3 is 2.29 bits per heavy atom. The maximum atomic E-state index is 4.83. The fourth-order valence-electron chi connectivity index (χ4n) is 1.93. The van der Waals surface area contributed by atoms with E-state index in [0.717, 1.165) is 13.0 Å². The summed E-state index contributed by atoms with van der Waals surface area (Å²) in [6, 6.07) is 0.540. The minimum absolute atomic E-state index is 0.540. The average Bonchev–Trinajstić information content (AvgIpc) is 2.71. The molecule has 1 rings (SSSR count). The van der Waals surface area contributed by atoms with E-state index in [1.54, 1.807) is 0 Å². The minimum Gasteiger partial charge on any atom is -0.310 e. The van der Waals surface area contributed by atoms with Crippen LogP contribution in [0.3, 0.4) is 0 Å². The Morgan fingerprint density at radius 1 is 1.18 bits per heavy atom. The van der Waals surface area contributed by atoms with E-state index in [9.17, 15) is 0 Å². The van der Waals surface area contributed by atoms with E-state index in [4.69, 9.17) is 4.98 Å². The Bertz CT molecular complexity index is 327. The molecule has 0 bridgehead atoms. The predicted molar refractivity (Wildman–Crippen MR) is 76.8 cm³/mol. The molecule has 1 heterocycles. The highest BCUT2D eigenvalue weighted by Gasteiger charge is 2.15. The van der Waals surface area contributed by atoms with Gasteiger partial charge in [-0.15, -0.1) is 11.3 Å². The molecule has 2 nitrogen and oxygen atoms in total. The summed E-state index contributed by atoms with van der Waals surface area (Å²) < 4.78 is 0. The molecule has 0 fully saturated rings. The SMILES string of the molecule is CCc1nc(C(CC)CC)sc1CNC(C)C. The molecule has 0 atom stereocenters. The first-order valence-electron chi connectivity index (χ1n) is 6.84. The third kappa shape index (κ3) is 4.07. The first kappa shape index (κ1) is 14.7. The third-order valence-electron chi connectivity index (χ3n) is 3.14. The molecule has 1 aromatic rings. The van der Waals surface area contributed by atoms with E-state index in [-0.39, 0.29) is 0 Å². The van der Waals surface area contributed by atoms with Crippen molar-refractivity contribution in [3.8, 4) is 0 Å². The van der Waals surface area contributed by atoms with Crippen LogP contribution in [-0.2, 0) is 13.0 Å². The number of rotatable bonds is 7. The molecule has 0 saturated carbocycles. The predicted octanol–water partition coefficient (Wildman–Crippen LogP) is 4.11. The van der Waals surface area contributed by atoms with Gasteiger partial charge in [-0.3, -0.25) is 0 Å². The van der Waals surface area contributed by atoms with Crippen molar-refractivity contribution in [3.63, 3.8) is 0 Å². The van der Waals surface area contributed by atoms with Crippen LogP contribution in [0, 0.1) is 0 Å². The second-order valence-corrected chi connectivity index (χ2v) is 5.94. The van der Waals surface area contributed by atoms with E-state index in [2.05, 4.69) is 39.9 Å². The van der Waals surface area contributed by atoms with Crippen LogP contribution < -0.4 is 5.32 Å². The number of aryl methyl sites for hydroxylation is 1. The van der Waals surface area contributed by atoms with Gasteiger partial charge in [0.05, 0.1) is 10.7 Å². The molecule has 0 aliphatic heterocycles. The van der Waals surface area contributed by atoms with Gasteiger partial charge in [-0.1, -0.05) is 34.6 Å². The van der Waals surface area contributed by atoms with Crippen LogP contribution in [0.2, 0.25) is 0 Å². The Labute approximate surface area is 110 Å². The fraction of sp³-hybridized carbons (Fsp3) is 0.786. The monoisotopic (exact) mass is 254 g/mol. The van der Waals surface area contributed by atoms with Crippen LogP contribution >= 0.6 is 11.3 Å². The third-order valence-corrected chi connectivity index (χ3v) is 4.40. The summed E-state index contributed by atoms with van der Waals surface area (Å²) >= 11 is 1.91. The summed E-state index contributed by atoms with van der Waals surface area (Å²) in [6.45, 7) is 12.1. The molecule has 1 N–H and O–H groups in total. The van der Waals surface area contributed by atoms with Gasteiger partial charge in [-0.2, -0.15) is 0 Å². The van der Waals surface area contributed by atoms with Gasteiger partial charge in [0.1, 0.15) is 0 Å². The average molecular weight is 254 g/mol. The lowest BCUT2D eigenvalue weighted by Crippen LogP contribution is -2.21. The van der Waals surface area contributed by atoms with Crippen LogP contribution in [0.25, 0.3) is 0 Å². The Hall–Kier alpha value is -0.410. The summed E-state index contributed by atoms with van der Waals surface area (Å²) in [6.07, 6.45) is 3.44. The molecule has 0 aromatic carbocycles. The lowest BCUT2D eigenvalue weighted by Gasteiger charge is -2.07. The lowest BCUT2D eigenvalue weighted by atomic mass is 10.1.